The molecule has 0 saturated heterocycles. The van der Waals surface area contributed by atoms with Gasteiger partial charge in [-0.2, -0.15) is 0 Å². The average molecular weight is 716 g/mol. The zero-order valence-electron chi connectivity index (χ0n) is 30.8. The van der Waals surface area contributed by atoms with Crippen molar-refractivity contribution in [3.05, 3.63) is 230 Å². The predicted octanol–water partition coefficient (Wildman–Crippen LogP) is 15.3. The number of rotatable bonds is 8. The van der Waals surface area contributed by atoms with Gasteiger partial charge in [-0.1, -0.05) is 158 Å². The summed E-state index contributed by atoms with van der Waals surface area (Å²) in [5.41, 5.74) is 13.0. The molecular formula is C54H37NO. The van der Waals surface area contributed by atoms with Crippen LogP contribution in [0.25, 0.3) is 71.3 Å². The first kappa shape index (κ1) is 33.2. The van der Waals surface area contributed by atoms with Crippen LogP contribution in [-0.2, 0) is 0 Å². The lowest BCUT2D eigenvalue weighted by molar-refractivity contribution is 0.669. The SMILES string of the molecule is C=C/C=C(\c1ccccc1)c1cccc(N(c2ccc(-c3ccc4ccccc4c3)cc2)c2ccccc2-c2ccc3oc4cc5ccccc5cc4c3c2)c1. The van der Waals surface area contributed by atoms with Crippen LogP contribution in [0.5, 0.6) is 0 Å². The maximum absolute atomic E-state index is 6.41. The number of nitrogens with zero attached hydrogens (tertiary/aromatic N) is 1. The van der Waals surface area contributed by atoms with E-state index in [0.29, 0.717) is 0 Å². The smallest absolute Gasteiger partial charge is 0.136 e. The van der Waals surface area contributed by atoms with Crippen LogP contribution < -0.4 is 4.90 Å². The molecule has 10 rings (SSSR count). The van der Waals surface area contributed by atoms with E-state index in [1.165, 1.54) is 32.7 Å². The zero-order chi connectivity index (χ0) is 37.4. The molecule has 0 amide bonds. The fraction of sp³-hybridized carbons (Fsp3) is 0. The van der Waals surface area contributed by atoms with E-state index in [9.17, 15) is 0 Å². The van der Waals surface area contributed by atoms with Gasteiger partial charge >= 0.3 is 0 Å². The fourth-order valence-electron chi connectivity index (χ4n) is 8.05. The second-order valence-electron chi connectivity index (χ2n) is 14.2. The van der Waals surface area contributed by atoms with Crippen molar-refractivity contribution in [1.29, 1.82) is 0 Å². The molecule has 0 fully saturated rings. The van der Waals surface area contributed by atoms with Gasteiger partial charge in [0.2, 0.25) is 0 Å². The molecule has 0 aliphatic heterocycles. The third-order valence-electron chi connectivity index (χ3n) is 10.8. The van der Waals surface area contributed by atoms with Gasteiger partial charge in [-0.3, -0.25) is 0 Å². The molecule has 56 heavy (non-hydrogen) atoms. The highest BCUT2D eigenvalue weighted by Gasteiger charge is 2.20. The van der Waals surface area contributed by atoms with E-state index < -0.39 is 0 Å². The molecule has 264 valence electrons. The summed E-state index contributed by atoms with van der Waals surface area (Å²) in [7, 11) is 0. The van der Waals surface area contributed by atoms with E-state index in [1.54, 1.807) is 0 Å². The molecule has 1 heterocycles. The van der Waals surface area contributed by atoms with Crippen LogP contribution in [-0.4, -0.2) is 0 Å². The first-order valence-electron chi connectivity index (χ1n) is 19.0. The number of allylic oxidation sites excluding steroid dienone is 2. The molecule has 0 spiro atoms. The van der Waals surface area contributed by atoms with Gasteiger partial charge in [0, 0.05) is 27.7 Å². The summed E-state index contributed by atoms with van der Waals surface area (Å²) in [6.45, 7) is 4.06. The van der Waals surface area contributed by atoms with Crippen molar-refractivity contribution in [1.82, 2.24) is 0 Å². The molecule has 2 heteroatoms. The van der Waals surface area contributed by atoms with Crippen molar-refractivity contribution in [2.24, 2.45) is 0 Å². The fourth-order valence-corrected chi connectivity index (χ4v) is 8.05. The number of anilines is 3. The third-order valence-corrected chi connectivity index (χ3v) is 10.8. The molecule has 0 bridgehead atoms. The molecule has 9 aromatic carbocycles. The van der Waals surface area contributed by atoms with Crippen LogP contribution in [0.3, 0.4) is 0 Å². The summed E-state index contributed by atoms with van der Waals surface area (Å²) in [6, 6.07) is 71.7. The number of benzene rings is 9. The average Bonchev–Trinajstić information content (AvgIpc) is 3.62. The van der Waals surface area contributed by atoms with Gasteiger partial charge in [0.15, 0.2) is 0 Å². The van der Waals surface area contributed by atoms with Gasteiger partial charge in [-0.25, -0.2) is 0 Å². The van der Waals surface area contributed by atoms with E-state index in [2.05, 4.69) is 218 Å². The molecule has 0 radical (unpaired) electrons. The summed E-state index contributed by atoms with van der Waals surface area (Å²) in [4.78, 5) is 2.38. The largest absolute Gasteiger partial charge is 0.456 e. The Hall–Kier alpha value is -7.42. The second-order valence-corrected chi connectivity index (χ2v) is 14.2. The number of furan rings is 1. The van der Waals surface area contributed by atoms with Crippen molar-refractivity contribution >= 4 is 66.1 Å². The van der Waals surface area contributed by atoms with Crippen LogP contribution in [0.4, 0.5) is 17.1 Å². The molecule has 1 aromatic heterocycles. The number of hydrogen-bond acceptors (Lipinski definition) is 2. The van der Waals surface area contributed by atoms with Crippen LogP contribution in [0.2, 0.25) is 0 Å². The van der Waals surface area contributed by atoms with Crippen molar-refractivity contribution in [3.8, 4) is 22.3 Å². The van der Waals surface area contributed by atoms with Gasteiger partial charge in [0.25, 0.3) is 0 Å². The Kier molecular flexibility index (Phi) is 8.35. The topological polar surface area (TPSA) is 16.4 Å². The molecule has 0 unspecified atom stereocenters. The molecule has 0 aliphatic rings. The van der Waals surface area contributed by atoms with E-state index in [1.807, 2.05) is 6.08 Å². The van der Waals surface area contributed by atoms with Crippen LogP contribution in [0.15, 0.2) is 223 Å². The maximum atomic E-state index is 6.41. The summed E-state index contributed by atoms with van der Waals surface area (Å²) >= 11 is 0. The van der Waals surface area contributed by atoms with Gasteiger partial charge in [-0.05, 0) is 116 Å². The molecule has 2 nitrogen and oxygen atoms in total. The lowest BCUT2D eigenvalue weighted by Crippen LogP contribution is -2.11. The Bertz CT molecular complexity index is 3100. The van der Waals surface area contributed by atoms with Crippen molar-refractivity contribution in [2.75, 3.05) is 4.90 Å². The minimum atomic E-state index is 0.882. The minimum Gasteiger partial charge on any atom is -0.456 e. The quantitative estimate of drug-likeness (QED) is 0.146. The summed E-state index contributed by atoms with van der Waals surface area (Å²) in [6.07, 6.45) is 3.96. The highest BCUT2D eigenvalue weighted by atomic mass is 16.3. The summed E-state index contributed by atoms with van der Waals surface area (Å²) in [5.74, 6) is 0. The number of hydrogen-bond donors (Lipinski definition) is 0. The molecule has 0 atom stereocenters. The van der Waals surface area contributed by atoms with Gasteiger partial charge < -0.3 is 9.32 Å². The van der Waals surface area contributed by atoms with E-state index in [-0.39, 0.29) is 0 Å². The Morgan fingerprint density at radius 1 is 0.429 bits per heavy atom. The highest BCUT2D eigenvalue weighted by molar-refractivity contribution is 6.11. The van der Waals surface area contributed by atoms with E-state index in [0.717, 1.165) is 66.8 Å². The standard InChI is InChI=1S/C54H37NO/c1-2-13-48(39-15-4-3-5-16-39)44-20-12-21-47(33-44)55(46-29-26-38(27-30-46)43-25-24-37-14-6-7-17-40(37)32-43)52-23-11-10-22-49(52)45-28-31-53-50(35-45)51-34-41-18-8-9-19-42(41)36-54(51)56-53/h2-36H,1H2/b48-13+. The lowest BCUT2D eigenvalue weighted by Gasteiger charge is -2.28. The number of fused-ring (bicyclic) bond motifs is 5. The normalized spacial score (nSPS) is 11.8. The first-order chi connectivity index (χ1) is 27.7. The molecule has 0 N–H and O–H groups in total. The number of para-hydroxylation sites is 1. The zero-order valence-corrected chi connectivity index (χ0v) is 30.8. The van der Waals surface area contributed by atoms with Crippen molar-refractivity contribution < 1.29 is 4.42 Å². The second kappa shape index (κ2) is 14.1. The van der Waals surface area contributed by atoms with Gasteiger partial charge in [-0.15, -0.1) is 0 Å². The Labute approximate surface area is 326 Å². The van der Waals surface area contributed by atoms with Crippen molar-refractivity contribution in [2.45, 2.75) is 0 Å². The lowest BCUT2D eigenvalue weighted by atomic mass is 9.96. The van der Waals surface area contributed by atoms with Crippen molar-refractivity contribution in [3.63, 3.8) is 0 Å². The van der Waals surface area contributed by atoms with E-state index >= 15 is 0 Å². The Morgan fingerprint density at radius 3 is 1.88 bits per heavy atom. The molecule has 0 saturated carbocycles. The highest BCUT2D eigenvalue weighted by Crippen LogP contribution is 2.44. The van der Waals surface area contributed by atoms with Crippen LogP contribution in [0.1, 0.15) is 11.1 Å². The van der Waals surface area contributed by atoms with Crippen LogP contribution >= 0.6 is 0 Å². The minimum absolute atomic E-state index is 0.882. The third kappa shape index (κ3) is 6.04. The molecular weight excluding hydrogens is 679 g/mol. The first-order valence-corrected chi connectivity index (χ1v) is 19.0. The Balaban J connectivity index is 1.13. The summed E-state index contributed by atoms with van der Waals surface area (Å²) in [5, 5.41) is 7.08. The summed E-state index contributed by atoms with van der Waals surface area (Å²) < 4.78 is 6.41. The monoisotopic (exact) mass is 715 g/mol. The molecule has 0 aliphatic carbocycles. The maximum Gasteiger partial charge on any atom is 0.136 e. The van der Waals surface area contributed by atoms with Gasteiger partial charge in [0.05, 0.1) is 5.69 Å². The predicted molar refractivity (Wildman–Crippen MR) is 238 cm³/mol. The Morgan fingerprint density at radius 2 is 1.07 bits per heavy atom. The van der Waals surface area contributed by atoms with Crippen LogP contribution in [0, 0.1) is 0 Å². The van der Waals surface area contributed by atoms with E-state index in [4.69, 9.17) is 4.42 Å². The molecule has 10 aromatic rings. The van der Waals surface area contributed by atoms with Gasteiger partial charge in [0.1, 0.15) is 11.2 Å².